The van der Waals surface area contributed by atoms with E-state index in [0.29, 0.717) is 17.6 Å². The maximum atomic E-state index is 11.4. The molecule has 20 heavy (non-hydrogen) atoms. The van der Waals surface area contributed by atoms with Gasteiger partial charge in [-0.2, -0.15) is 0 Å². The maximum Gasteiger partial charge on any atom is 0.337 e. The number of aromatic carboxylic acids is 1. The molecule has 0 atom stereocenters. The van der Waals surface area contributed by atoms with Crippen LogP contribution in [-0.4, -0.2) is 25.6 Å². The molecule has 0 unspecified atom stereocenters. The average molecular weight is 287 g/mol. The van der Waals surface area contributed by atoms with Crippen LogP contribution in [0.3, 0.4) is 0 Å². The highest BCUT2D eigenvalue weighted by Crippen LogP contribution is 2.23. The molecular formula is C14H13N3O2S. The Balaban J connectivity index is 2.24. The molecule has 0 saturated heterocycles. The van der Waals surface area contributed by atoms with Crippen LogP contribution in [0.25, 0.3) is 11.0 Å². The number of fused-ring (bicyclic) bond motifs is 1. The van der Waals surface area contributed by atoms with Gasteiger partial charge < -0.3 is 9.67 Å². The number of para-hydroxylation sites is 1. The fraction of sp³-hybridized carbons (Fsp3) is 0.214. The van der Waals surface area contributed by atoms with E-state index < -0.39 is 5.97 Å². The largest absolute Gasteiger partial charge is 0.478 e. The summed E-state index contributed by atoms with van der Waals surface area (Å²) in [4.78, 5) is 21.1. The van der Waals surface area contributed by atoms with Gasteiger partial charge in [-0.25, -0.2) is 9.78 Å². The van der Waals surface area contributed by atoms with Gasteiger partial charge in [0.1, 0.15) is 5.82 Å². The fourth-order valence-electron chi connectivity index (χ4n) is 2.32. The van der Waals surface area contributed by atoms with Crippen LogP contribution in [0.4, 0.5) is 0 Å². The lowest BCUT2D eigenvalue weighted by Crippen LogP contribution is -2.07. The lowest BCUT2D eigenvalue weighted by molar-refractivity contribution is 0.0698. The zero-order valence-electron chi connectivity index (χ0n) is 10.9. The molecule has 2 aromatic heterocycles. The minimum atomic E-state index is -0.927. The highest BCUT2D eigenvalue weighted by Gasteiger charge is 2.17. The summed E-state index contributed by atoms with van der Waals surface area (Å²) in [5.41, 5.74) is 3.48. The Morgan fingerprint density at radius 2 is 2.30 bits per heavy atom. The highest BCUT2D eigenvalue weighted by atomic mass is 32.1. The van der Waals surface area contributed by atoms with Crippen molar-refractivity contribution in [2.45, 2.75) is 19.9 Å². The van der Waals surface area contributed by atoms with Crippen LogP contribution < -0.4 is 0 Å². The summed E-state index contributed by atoms with van der Waals surface area (Å²) in [7, 11) is 0. The van der Waals surface area contributed by atoms with Gasteiger partial charge in [0.05, 0.1) is 28.7 Å². The van der Waals surface area contributed by atoms with Crippen LogP contribution in [0.2, 0.25) is 0 Å². The molecule has 0 saturated carbocycles. The van der Waals surface area contributed by atoms with Gasteiger partial charge in [-0.3, -0.25) is 4.98 Å². The average Bonchev–Trinajstić information content (AvgIpc) is 3.06. The van der Waals surface area contributed by atoms with Crippen LogP contribution in [0.5, 0.6) is 0 Å². The van der Waals surface area contributed by atoms with Crippen LogP contribution in [0.15, 0.2) is 29.9 Å². The zero-order chi connectivity index (χ0) is 14.1. The third-order valence-electron chi connectivity index (χ3n) is 3.19. The Bertz CT molecular complexity index is 762. The van der Waals surface area contributed by atoms with Gasteiger partial charge in [-0.1, -0.05) is 13.0 Å². The van der Waals surface area contributed by atoms with E-state index in [1.165, 1.54) is 0 Å². The van der Waals surface area contributed by atoms with E-state index in [0.717, 1.165) is 22.6 Å². The van der Waals surface area contributed by atoms with Crippen molar-refractivity contribution in [3.8, 4) is 0 Å². The van der Waals surface area contributed by atoms with E-state index in [4.69, 9.17) is 0 Å². The smallest absolute Gasteiger partial charge is 0.337 e. The summed E-state index contributed by atoms with van der Waals surface area (Å²) in [6.07, 6.45) is 2.56. The van der Waals surface area contributed by atoms with Crippen LogP contribution in [-0.2, 0) is 13.0 Å². The van der Waals surface area contributed by atoms with Gasteiger partial charge in [0.2, 0.25) is 0 Å². The summed E-state index contributed by atoms with van der Waals surface area (Å²) in [6.45, 7) is 2.62. The summed E-state index contributed by atoms with van der Waals surface area (Å²) >= 11 is 1.56. The standard InChI is InChI=1S/C14H13N3O2S/c1-2-12-16-11-5-3-4-10(14(18)19)13(11)17(12)7-9-6-15-8-20-9/h3-6,8H,2,7H2,1H3,(H,18,19). The minimum absolute atomic E-state index is 0.291. The first-order chi connectivity index (χ1) is 9.70. The fourth-order valence-corrected chi connectivity index (χ4v) is 2.90. The van der Waals surface area contributed by atoms with Crippen LogP contribution in [0.1, 0.15) is 28.0 Å². The van der Waals surface area contributed by atoms with Gasteiger partial charge in [-0.05, 0) is 12.1 Å². The van der Waals surface area contributed by atoms with E-state index in [9.17, 15) is 9.90 Å². The molecule has 3 aromatic rings. The first kappa shape index (κ1) is 12.8. The predicted octanol–water partition coefficient (Wildman–Crippen LogP) is 2.80. The second-order valence-corrected chi connectivity index (χ2v) is 5.38. The Kier molecular flexibility index (Phi) is 3.23. The summed E-state index contributed by atoms with van der Waals surface area (Å²) in [6, 6.07) is 5.20. The van der Waals surface area contributed by atoms with Crippen molar-refractivity contribution < 1.29 is 9.90 Å². The molecule has 1 N–H and O–H groups in total. The summed E-state index contributed by atoms with van der Waals surface area (Å²) in [5.74, 6) is -0.0363. The van der Waals surface area contributed by atoms with Gasteiger partial charge in [0.25, 0.3) is 0 Å². The third-order valence-corrected chi connectivity index (χ3v) is 3.95. The molecule has 5 nitrogen and oxygen atoms in total. The Morgan fingerprint density at radius 1 is 1.45 bits per heavy atom. The number of carbonyl (C=O) groups is 1. The molecule has 0 aliphatic heterocycles. The molecule has 1 aromatic carbocycles. The number of carboxylic acid groups (broad SMARTS) is 1. The van der Waals surface area contributed by atoms with Crippen molar-refractivity contribution in [3.05, 3.63) is 46.2 Å². The number of aryl methyl sites for hydroxylation is 1. The number of aromatic nitrogens is 3. The van der Waals surface area contributed by atoms with Crippen molar-refractivity contribution in [1.82, 2.24) is 14.5 Å². The highest BCUT2D eigenvalue weighted by molar-refractivity contribution is 7.09. The Hall–Kier alpha value is -2.21. The second-order valence-electron chi connectivity index (χ2n) is 4.41. The number of hydrogen-bond donors (Lipinski definition) is 1. The SMILES string of the molecule is CCc1nc2cccc(C(=O)O)c2n1Cc1cncs1. The van der Waals surface area contributed by atoms with Gasteiger partial charge in [0, 0.05) is 17.5 Å². The molecule has 0 radical (unpaired) electrons. The number of imidazole rings is 1. The van der Waals surface area contributed by atoms with Gasteiger partial charge in [0.15, 0.2) is 0 Å². The third kappa shape index (κ3) is 2.08. The number of benzene rings is 1. The van der Waals surface area contributed by atoms with Crippen molar-refractivity contribution in [2.24, 2.45) is 0 Å². The topological polar surface area (TPSA) is 68.0 Å². The Labute approximate surface area is 119 Å². The van der Waals surface area contributed by atoms with E-state index in [2.05, 4.69) is 9.97 Å². The van der Waals surface area contributed by atoms with Crippen molar-refractivity contribution >= 4 is 28.3 Å². The molecular weight excluding hydrogens is 274 g/mol. The lowest BCUT2D eigenvalue weighted by Gasteiger charge is -2.08. The van der Waals surface area contributed by atoms with Crippen molar-refractivity contribution in [3.63, 3.8) is 0 Å². The maximum absolute atomic E-state index is 11.4. The lowest BCUT2D eigenvalue weighted by atomic mass is 10.2. The molecule has 0 bridgehead atoms. The van der Waals surface area contributed by atoms with E-state index in [-0.39, 0.29) is 0 Å². The van der Waals surface area contributed by atoms with Gasteiger partial charge >= 0.3 is 5.97 Å². The molecule has 0 spiro atoms. The molecule has 102 valence electrons. The molecule has 2 heterocycles. The summed E-state index contributed by atoms with van der Waals surface area (Å²) in [5, 5.41) is 9.36. The van der Waals surface area contributed by atoms with E-state index in [1.54, 1.807) is 35.2 Å². The molecule has 0 aliphatic carbocycles. The molecule has 6 heteroatoms. The Morgan fingerprint density at radius 3 is 2.95 bits per heavy atom. The molecule has 0 fully saturated rings. The minimum Gasteiger partial charge on any atom is -0.478 e. The van der Waals surface area contributed by atoms with Crippen LogP contribution in [0, 0.1) is 0 Å². The quantitative estimate of drug-likeness (QED) is 0.801. The number of nitrogens with zero attached hydrogens (tertiary/aromatic N) is 3. The first-order valence-corrected chi connectivity index (χ1v) is 7.17. The zero-order valence-corrected chi connectivity index (χ0v) is 11.7. The molecule has 0 amide bonds. The number of thiazole rings is 1. The number of carboxylic acids is 1. The predicted molar refractivity (Wildman–Crippen MR) is 77.3 cm³/mol. The van der Waals surface area contributed by atoms with E-state index >= 15 is 0 Å². The molecule has 0 aliphatic rings. The second kappa shape index (κ2) is 5.05. The summed E-state index contributed by atoms with van der Waals surface area (Å²) < 4.78 is 1.98. The van der Waals surface area contributed by atoms with Crippen molar-refractivity contribution in [2.75, 3.05) is 0 Å². The van der Waals surface area contributed by atoms with E-state index in [1.807, 2.05) is 17.6 Å². The molecule has 3 rings (SSSR count). The van der Waals surface area contributed by atoms with Crippen LogP contribution >= 0.6 is 11.3 Å². The first-order valence-electron chi connectivity index (χ1n) is 6.29. The normalized spacial score (nSPS) is 11.1. The monoisotopic (exact) mass is 287 g/mol. The number of rotatable bonds is 4. The van der Waals surface area contributed by atoms with Gasteiger partial charge in [-0.15, -0.1) is 11.3 Å². The number of hydrogen-bond acceptors (Lipinski definition) is 4. The van der Waals surface area contributed by atoms with Crippen molar-refractivity contribution in [1.29, 1.82) is 0 Å².